The lowest BCUT2D eigenvalue weighted by molar-refractivity contribution is -0.166. The fourth-order valence-corrected chi connectivity index (χ4v) is 0.848. The van der Waals surface area contributed by atoms with Crippen molar-refractivity contribution in [1.82, 2.24) is 0 Å². The molecule has 0 spiro atoms. The van der Waals surface area contributed by atoms with Crippen LogP contribution in [0.3, 0.4) is 0 Å². The van der Waals surface area contributed by atoms with Gasteiger partial charge in [-0.25, -0.2) is 0 Å². The molecule has 0 aliphatic heterocycles. The van der Waals surface area contributed by atoms with Gasteiger partial charge in [0.2, 0.25) is 0 Å². The molecule has 0 unspecified atom stereocenters. The van der Waals surface area contributed by atoms with Gasteiger partial charge in [0.15, 0.2) is 6.10 Å². The maximum atomic E-state index is 12.0. The van der Waals surface area contributed by atoms with Crippen LogP contribution in [0.2, 0.25) is 0 Å². The highest BCUT2D eigenvalue weighted by atomic mass is 19.4. The molecule has 0 aliphatic carbocycles. The van der Waals surface area contributed by atoms with Crippen LogP contribution in [0.15, 0.2) is 30.3 Å². The first-order chi connectivity index (χ1) is 6.50. The van der Waals surface area contributed by atoms with Gasteiger partial charge in [-0.3, -0.25) is 0 Å². The Balaban J connectivity index is 2.42. The third kappa shape index (κ3) is 3.38. The molecule has 14 heavy (non-hydrogen) atoms. The van der Waals surface area contributed by atoms with Gasteiger partial charge < -0.3 is 4.74 Å². The van der Waals surface area contributed by atoms with E-state index in [4.69, 9.17) is 0 Å². The molecular formula is C10H10F3O. The number of ether oxygens (including phenoxy) is 1. The molecule has 0 bridgehead atoms. The minimum Gasteiger partial charge on any atom is -0.358 e. The van der Waals surface area contributed by atoms with Crippen molar-refractivity contribution >= 4 is 0 Å². The van der Waals surface area contributed by atoms with Crippen molar-refractivity contribution in [3.8, 4) is 0 Å². The Bertz CT molecular complexity index is 268. The summed E-state index contributed by atoms with van der Waals surface area (Å²) in [5.74, 6) is 0. The monoisotopic (exact) mass is 203 g/mol. The Labute approximate surface area is 80.5 Å². The van der Waals surface area contributed by atoms with Gasteiger partial charge in [-0.1, -0.05) is 30.3 Å². The summed E-state index contributed by atoms with van der Waals surface area (Å²) >= 11 is 0. The molecule has 1 nitrogen and oxygen atoms in total. The van der Waals surface area contributed by atoms with E-state index in [9.17, 15) is 13.2 Å². The van der Waals surface area contributed by atoms with E-state index in [2.05, 4.69) is 4.74 Å². The van der Waals surface area contributed by atoms with Gasteiger partial charge in [0, 0.05) is 0 Å². The number of alkyl halides is 3. The maximum Gasteiger partial charge on any atom is 0.420 e. The fraction of sp³-hybridized carbons (Fsp3) is 0.300. The summed E-state index contributed by atoms with van der Waals surface area (Å²) in [5.41, 5.74) is 0.719. The van der Waals surface area contributed by atoms with Crippen molar-refractivity contribution in [2.45, 2.75) is 19.7 Å². The molecule has 1 aromatic rings. The van der Waals surface area contributed by atoms with Crippen LogP contribution in [0.5, 0.6) is 0 Å². The minimum absolute atomic E-state index is 0.0494. The lowest BCUT2D eigenvalue weighted by Gasteiger charge is -2.14. The number of hydrogen-bond donors (Lipinski definition) is 0. The average Bonchev–Trinajstić information content (AvgIpc) is 2.14. The van der Waals surface area contributed by atoms with E-state index in [0.717, 1.165) is 12.5 Å². The zero-order valence-electron chi connectivity index (χ0n) is 7.64. The van der Waals surface area contributed by atoms with Crippen molar-refractivity contribution in [3.05, 3.63) is 42.0 Å². The first kappa shape index (κ1) is 11.0. The molecule has 0 saturated heterocycles. The molecule has 4 heteroatoms. The first-order valence-electron chi connectivity index (χ1n) is 4.07. The van der Waals surface area contributed by atoms with Crippen molar-refractivity contribution in [2.75, 3.05) is 0 Å². The number of halogens is 3. The summed E-state index contributed by atoms with van der Waals surface area (Å²) in [6.07, 6.45) is -5.28. The summed E-state index contributed by atoms with van der Waals surface area (Å²) in [6, 6.07) is 8.72. The van der Waals surface area contributed by atoms with Crippen LogP contribution in [-0.4, -0.2) is 6.18 Å². The minimum atomic E-state index is -4.37. The van der Waals surface area contributed by atoms with Crippen LogP contribution in [0.1, 0.15) is 12.5 Å². The van der Waals surface area contributed by atoms with Gasteiger partial charge in [0.05, 0.1) is 6.61 Å². The van der Waals surface area contributed by atoms with Gasteiger partial charge >= 0.3 is 6.18 Å². The molecule has 77 valence electrons. The maximum absolute atomic E-state index is 12.0. The van der Waals surface area contributed by atoms with Gasteiger partial charge in [-0.05, 0) is 12.5 Å². The molecule has 0 fully saturated rings. The number of rotatable bonds is 3. The van der Waals surface area contributed by atoms with Crippen LogP contribution in [0.4, 0.5) is 13.2 Å². The second-order valence-corrected chi connectivity index (χ2v) is 2.83. The van der Waals surface area contributed by atoms with Gasteiger partial charge in [-0.2, -0.15) is 13.2 Å². The predicted octanol–water partition coefficient (Wildman–Crippen LogP) is 3.32. The first-order valence-corrected chi connectivity index (χ1v) is 4.07. The molecule has 0 atom stereocenters. The van der Waals surface area contributed by atoms with E-state index in [0.29, 0.717) is 0 Å². The second-order valence-electron chi connectivity index (χ2n) is 2.83. The average molecular weight is 203 g/mol. The van der Waals surface area contributed by atoms with Gasteiger partial charge in [-0.15, -0.1) is 0 Å². The van der Waals surface area contributed by atoms with Crippen molar-refractivity contribution in [1.29, 1.82) is 0 Å². The lowest BCUT2D eigenvalue weighted by atomic mass is 10.2. The second kappa shape index (κ2) is 4.46. The van der Waals surface area contributed by atoms with Crippen LogP contribution in [-0.2, 0) is 11.3 Å². The van der Waals surface area contributed by atoms with E-state index in [1.54, 1.807) is 30.3 Å². The Hall–Kier alpha value is -1.03. The topological polar surface area (TPSA) is 9.23 Å². The molecule has 1 radical (unpaired) electrons. The molecule has 0 saturated carbocycles. The Morgan fingerprint density at radius 2 is 1.79 bits per heavy atom. The lowest BCUT2D eigenvalue weighted by Crippen LogP contribution is -2.20. The number of benzene rings is 1. The van der Waals surface area contributed by atoms with E-state index in [-0.39, 0.29) is 6.61 Å². The normalized spacial score (nSPS) is 12.1. The van der Waals surface area contributed by atoms with Crippen LogP contribution < -0.4 is 0 Å². The largest absolute Gasteiger partial charge is 0.420 e. The Morgan fingerprint density at radius 1 is 1.21 bits per heavy atom. The Morgan fingerprint density at radius 3 is 2.29 bits per heavy atom. The molecule has 0 aliphatic rings. The summed E-state index contributed by atoms with van der Waals surface area (Å²) in [5, 5.41) is 0. The third-order valence-electron chi connectivity index (χ3n) is 1.70. The SMILES string of the molecule is C[C](OCc1ccccc1)C(F)(F)F. The molecule has 1 aromatic carbocycles. The third-order valence-corrected chi connectivity index (χ3v) is 1.70. The zero-order valence-corrected chi connectivity index (χ0v) is 7.64. The molecule has 0 heterocycles. The van der Waals surface area contributed by atoms with Gasteiger partial charge in [0.1, 0.15) is 0 Å². The molecule has 0 amide bonds. The van der Waals surface area contributed by atoms with Gasteiger partial charge in [0.25, 0.3) is 0 Å². The summed E-state index contributed by atoms with van der Waals surface area (Å²) in [4.78, 5) is 0. The van der Waals surface area contributed by atoms with E-state index < -0.39 is 12.3 Å². The molecule has 1 rings (SSSR count). The standard InChI is InChI=1S/C10H10F3O/c1-8(10(11,12)13)14-7-9-5-3-2-4-6-9/h2-6H,7H2,1H3. The van der Waals surface area contributed by atoms with E-state index in [1.165, 1.54) is 0 Å². The van der Waals surface area contributed by atoms with Crippen LogP contribution in [0.25, 0.3) is 0 Å². The quantitative estimate of drug-likeness (QED) is 0.732. The fourth-order valence-electron chi connectivity index (χ4n) is 0.848. The summed E-state index contributed by atoms with van der Waals surface area (Å²) in [7, 11) is 0. The highest BCUT2D eigenvalue weighted by Gasteiger charge is 2.38. The number of hydrogen-bond acceptors (Lipinski definition) is 1. The van der Waals surface area contributed by atoms with Crippen LogP contribution >= 0.6 is 0 Å². The van der Waals surface area contributed by atoms with Crippen LogP contribution in [0, 0.1) is 6.10 Å². The van der Waals surface area contributed by atoms with E-state index >= 15 is 0 Å². The zero-order chi connectivity index (χ0) is 10.6. The summed E-state index contributed by atoms with van der Waals surface area (Å²) < 4.78 is 40.6. The van der Waals surface area contributed by atoms with Crippen molar-refractivity contribution < 1.29 is 17.9 Å². The molecular weight excluding hydrogens is 193 g/mol. The highest BCUT2D eigenvalue weighted by molar-refractivity contribution is 5.13. The van der Waals surface area contributed by atoms with Crippen molar-refractivity contribution in [2.24, 2.45) is 0 Å². The Kier molecular flexibility index (Phi) is 3.52. The highest BCUT2D eigenvalue weighted by Crippen LogP contribution is 2.29. The smallest absolute Gasteiger partial charge is 0.358 e. The summed E-state index contributed by atoms with van der Waals surface area (Å²) in [6.45, 7) is 0.870. The molecule has 0 N–H and O–H groups in total. The predicted molar refractivity (Wildman–Crippen MR) is 46.2 cm³/mol. The van der Waals surface area contributed by atoms with E-state index in [1.807, 2.05) is 0 Å². The molecule has 0 aromatic heterocycles. The van der Waals surface area contributed by atoms with Crippen molar-refractivity contribution in [3.63, 3.8) is 0 Å².